The number of nitrogens with two attached hydrogens (primary N) is 1. The molecule has 3 N–H and O–H groups in total. The molecule has 0 aliphatic carbocycles. The maximum absolute atomic E-state index is 9.39. The Morgan fingerprint density at radius 2 is 2.25 bits per heavy atom. The Bertz CT molecular complexity index is 351. The predicted molar refractivity (Wildman–Crippen MR) is 65.4 cm³/mol. The van der Waals surface area contributed by atoms with Crippen LogP contribution in [0.25, 0.3) is 0 Å². The molecule has 0 radical (unpaired) electrons. The third kappa shape index (κ3) is 3.90. The van der Waals surface area contributed by atoms with Crippen molar-refractivity contribution in [2.45, 2.75) is 12.8 Å². The summed E-state index contributed by atoms with van der Waals surface area (Å²) in [5, 5.41) is 9.39. The van der Waals surface area contributed by atoms with Gasteiger partial charge in [-0.1, -0.05) is 0 Å². The van der Waals surface area contributed by atoms with E-state index in [0.717, 1.165) is 24.9 Å². The first kappa shape index (κ1) is 12.5. The maximum Gasteiger partial charge on any atom is 0.161 e. The number of phenolic OH excluding ortho intramolecular Hbond substituents is 1. The van der Waals surface area contributed by atoms with Crippen molar-refractivity contribution in [2.75, 3.05) is 20.2 Å². The van der Waals surface area contributed by atoms with Gasteiger partial charge in [0, 0.05) is 12.8 Å². The van der Waals surface area contributed by atoms with Crippen molar-refractivity contribution in [1.82, 2.24) is 0 Å². The summed E-state index contributed by atoms with van der Waals surface area (Å²) in [5.41, 5.74) is 6.30. The van der Waals surface area contributed by atoms with Crippen molar-refractivity contribution in [2.24, 2.45) is 10.7 Å². The first-order valence-electron chi connectivity index (χ1n) is 5.35. The molecule has 0 heterocycles. The molecule has 0 aliphatic rings. The standard InChI is InChI=1S/C12H18N2O2/c1-16-12-8-10(4-5-11(12)15)9-14-7-3-2-6-13/h4-5,8-9,15H,2-3,6-7,13H2,1H3. The molecule has 1 aromatic carbocycles. The van der Waals surface area contributed by atoms with Crippen molar-refractivity contribution in [1.29, 1.82) is 0 Å². The van der Waals surface area contributed by atoms with Gasteiger partial charge in [-0.05, 0) is 43.1 Å². The third-order valence-corrected chi connectivity index (χ3v) is 2.19. The fourth-order valence-corrected chi connectivity index (χ4v) is 1.29. The van der Waals surface area contributed by atoms with Gasteiger partial charge in [-0.15, -0.1) is 0 Å². The largest absolute Gasteiger partial charge is 0.504 e. The van der Waals surface area contributed by atoms with Gasteiger partial charge in [-0.25, -0.2) is 0 Å². The van der Waals surface area contributed by atoms with Crippen LogP contribution in [0.5, 0.6) is 11.5 Å². The topological polar surface area (TPSA) is 67.8 Å². The summed E-state index contributed by atoms with van der Waals surface area (Å²) in [6.07, 6.45) is 3.77. The minimum absolute atomic E-state index is 0.141. The van der Waals surface area contributed by atoms with Crippen LogP contribution in [0.1, 0.15) is 18.4 Å². The highest BCUT2D eigenvalue weighted by atomic mass is 16.5. The zero-order chi connectivity index (χ0) is 11.8. The second-order valence-electron chi connectivity index (χ2n) is 3.46. The van der Waals surface area contributed by atoms with Crippen LogP contribution in [0, 0.1) is 0 Å². The Morgan fingerprint density at radius 3 is 2.94 bits per heavy atom. The second kappa shape index (κ2) is 6.85. The molecule has 1 rings (SSSR count). The summed E-state index contributed by atoms with van der Waals surface area (Å²) in [6, 6.07) is 5.14. The monoisotopic (exact) mass is 222 g/mol. The van der Waals surface area contributed by atoms with Gasteiger partial charge >= 0.3 is 0 Å². The first-order valence-corrected chi connectivity index (χ1v) is 5.35. The highest BCUT2D eigenvalue weighted by molar-refractivity contribution is 5.80. The number of ether oxygens (including phenoxy) is 1. The number of hydrogen-bond donors (Lipinski definition) is 2. The van der Waals surface area contributed by atoms with E-state index in [2.05, 4.69) is 4.99 Å². The van der Waals surface area contributed by atoms with E-state index >= 15 is 0 Å². The van der Waals surface area contributed by atoms with Crippen molar-refractivity contribution in [3.05, 3.63) is 23.8 Å². The molecule has 0 amide bonds. The highest BCUT2D eigenvalue weighted by Crippen LogP contribution is 2.25. The van der Waals surface area contributed by atoms with Gasteiger partial charge in [0.2, 0.25) is 0 Å². The van der Waals surface area contributed by atoms with E-state index in [9.17, 15) is 5.11 Å². The first-order chi connectivity index (χ1) is 7.77. The van der Waals surface area contributed by atoms with Gasteiger partial charge in [0.1, 0.15) is 0 Å². The Kier molecular flexibility index (Phi) is 5.36. The van der Waals surface area contributed by atoms with Crippen molar-refractivity contribution >= 4 is 6.21 Å². The molecule has 0 aromatic heterocycles. The highest BCUT2D eigenvalue weighted by Gasteiger charge is 2.00. The molecule has 0 fully saturated rings. The van der Waals surface area contributed by atoms with E-state index in [4.69, 9.17) is 10.5 Å². The Labute approximate surface area is 95.8 Å². The summed E-state index contributed by atoms with van der Waals surface area (Å²) in [5.74, 6) is 0.605. The van der Waals surface area contributed by atoms with E-state index < -0.39 is 0 Å². The zero-order valence-electron chi connectivity index (χ0n) is 9.52. The van der Waals surface area contributed by atoms with E-state index in [-0.39, 0.29) is 5.75 Å². The summed E-state index contributed by atoms with van der Waals surface area (Å²) in [6.45, 7) is 1.49. The van der Waals surface area contributed by atoms with Gasteiger partial charge in [0.05, 0.1) is 7.11 Å². The average Bonchev–Trinajstić information content (AvgIpc) is 2.31. The lowest BCUT2D eigenvalue weighted by Gasteiger charge is -2.03. The molecule has 16 heavy (non-hydrogen) atoms. The van der Waals surface area contributed by atoms with Crippen molar-refractivity contribution in [3.63, 3.8) is 0 Å². The van der Waals surface area contributed by atoms with Crippen LogP contribution >= 0.6 is 0 Å². The molecule has 88 valence electrons. The SMILES string of the molecule is COc1cc(C=NCCCCN)ccc1O. The fourth-order valence-electron chi connectivity index (χ4n) is 1.29. The summed E-state index contributed by atoms with van der Waals surface area (Å²) in [4.78, 5) is 4.27. The molecule has 0 aliphatic heterocycles. The number of phenols is 1. The van der Waals surface area contributed by atoms with Crippen LogP contribution in [0.3, 0.4) is 0 Å². The maximum atomic E-state index is 9.39. The smallest absolute Gasteiger partial charge is 0.161 e. The van der Waals surface area contributed by atoms with E-state index in [1.807, 2.05) is 0 Å². The molecule has 0 saturated carbocycles. The van der Waals surface area contributed by atoms with Crippen LogP contribution in [0.4, 0.5) is 0 Å². The number of methoxy groups -OCH3 is 1. The number of aliphatic imine (C=N–C) groups is 1. The lowest BCUT2D eigenvalue weighted by molar-refractivity contribution is 0.373. The molecular formula is C12H18N2O2. The molecule has 0 spiro atoms. The number of hydrogen-bond acceptors (Lipinski definition) is 4. The van der Waals surface area contributed by atoms with Gasteiger partial charge < -0.3 is 15.6 Å². The van der Waals surface area contributed by atoms with Crippen LogP contribution < -0.4 is 10.5 Å². The fraction of sp³-hybridized carbons (Fsp3) is 0.417. The van der Waals surface area contributed by atoms with E-state index in [0.29, 0.717) is 12.3 Å². The molecule has 0 atom stereocenters. The minimum Gasteiger partial charge on any atom is -0.504 e. The van der Waals surface area contributed by atoms with Gasteiger partial charge in [-0.2, -0.15) is 0 Å². The number of unbranched alkanes of at least 4 members (excludes halogenated alkanes) is 1. The predicted octanol–water partition coefficient (Wildman–Crippen LogP) is 1.56. The number of nitrogens with zero attached hydrogens (tertiary/aromatic N) is 1. The normalized spacial score (nSPS) is 10.9. The van der Waals surface area contributed by atoms with Crippen molar-refractivity contribution in [3.8, 4) is 11.5 Å². The van der Waals surface area contributed by atoms with Crippen LogP contribution in [-0.4, -0.2) is 31.5 Å². The summed E-state index contributed by atoms with van der Waals surface area (Å²) < 4.78 is 5.00. The lowest BCUT2D eigenvalue weighted by Crippen LogP contribution is -1.98. The van der Waals surface area contributed by atoms with Gasteiger partial charge in [0.15, 0.2) is 11.5 Å². The Balaban J connectivity index is 2.53. The number of rotatable bonds is 6. The third-order valence-electron chi connectivity index (χ3n) is 2.19. The van der Waals surface area contributed by atoms with E-state index in [1.54, 1.807) is 24.4 Å². The molecule has 0 saturated heterocycles. The minimum atomic E-state index is 0.141. The Morgan fingerprint density at radius 1 is 1.44 bits per heavy atom. The zero-order valence-corrected chi connectivity index (χ0v) is 9.52. The molecule has 0 unspecified atom stereocenters. The lowest BCUT2D eigenvalue weighted by atomic mass is 10.2. The number of benzene rings is 1. The number of aromatic hydroxyl groups is 1. The van der Waals surface area contributed by atoms with Crippen molar-refractivity contribution < 1.29 is 9.84 Å². The summed E-state index contributed by atoms with van der Waals surface area (Å²) in [7, 11) is 1.53. The molecule has 1 aromatic rings. The molecule has 0 bridgehead atoms. The summed E-state index contributed by atoms with van der Waals surface area (Å²) >= 11 is 0. The quantitative estimate of drug-likeness (QED) is 0.567. The second-order valence-corrected chi connectivity index (χ2v) is 3.46. The molecular weight excluding hydrogens is 204 g/mol. The average molecular weight is 222 g/mol. The Hall–Kier alpha value is -1.55. The molecule has 4 nitrogen and oxygen atoms in total. The molecule has 4 heteroatoms. The van der Waals surface area contributed by atoms with Crippen LogP contribution in [-0.2, 0) is 0 Å². The van der Waals surface area contributed by atoms with Crippen LogP contribution in [0.15, 0.2) is 23.2 Å². The van der Waals surface area contributed by atoms with Gasteiger partial charge in [0.25, 0.3) is 0 Å². The van der Waals surface area contributed by atoms with E-state index in [1.165, 1.54) is 7.11 Å². The van der Waals surface area contributed by atoms with Crippen LogP contribution in [0.2, 0.25) is 0 Å². The van der Waals surface area contributed by atoms with Gasteiger partial charge in [-0.3, -0.25) is 4.99 Å².